The van der Waals surface area contributed by atoms with Crippen LogP contribution in [-0.4, -0.2) is 64.7 Å². The van der Waals surface area contributed by atoms with Crippen LogP contribution in [0.5, 0.6) is 0 Å². The van der Waals surface area contributed by atoms with Gasteiger partial charge in [-0.15, -0.1) is 0 Å². The fraction of sp³-hybridized carbons (Fsp3) is 0.800. The second-order valence-corrected chi connectivity index (χ2v) is 8.68. The van der Waals surface area contributed by atoms with Crippen LogP contribution in [0.1, 0.15) is 60.8 Å². The number of carbonyl (C=O) groups is 4. The highest BCUT2D eigenvalue weighted by Gasteiger charge is 2.33. The number of hydrogen-bond donors (Lipinski definition) is 3. The molecule has 9 nitrogen and oxygen atoms in total. The lowest BCUT2D eigenvalue weighted by Gasteiger charge is -2.34. The fourth-order valence-electron chi connectivity index (χ4n) is 3.14. The lowest BCUT2D eigenvalue weighted by Crippen LogP contribution is -2.52. The molecule has 0 bridgehead atoms. The highest BCUT2D eigenvalue weighted by molar-refractivity contribution is 5.87. The van der Waals surface area contributed by atoms with Gasteiger partial charge in [0.2, 0.25) is 11.8 Å². The molecular weight excluding hydrogens is 378 g/mol. The highest BCUT2D eigenvalue weighted by Crippen LogP contribution is 2.19. The molecule has 0 saturated carbocycles. The van der Waals surface area contributed by atoms with Gasteiger partial charge in [0.1, 0.15) is 17.7 Å². The van der Waals surface area contributed by atoms with E-state index in [1.54, 1.807) is 39.5 Å². The zero-order chi connectivity index (χ0) is 22.4. The number of ether oxygens (including phenoxy) is 1. The zero-order valence-electron chi connectivity index (χ0n) is 18.3. The molecule has 3 amide bonds. The van der Waals surface area contributed by atoms with Gasteiger partial charge in [0.05, 0.1) is 0 Å². The molecule has 3 atom stereocenters. The first kappa shape index (κ1) is 24.7. The number of nitrogens with one attached hydrogen (secondary N) is 2. The Balaban J connectivity index is 2.54. The number of rotatable bonds is 7. The van der Waals surface area contributed by atoms with Crippen LogP contribution in [0, 0.1) is 11.8 Å². The van der Waals surface area contributed by atoms with Gasteiger partial charge in [-0.1, -0.05) is 20.3 Å². The molecule has 0 aromatic carbocycles. The number of piperidine rings is 1. The van der Waals surface area contributed by atoms with Gasteiger partial charge in [-0.2, -0.15) is 0 Å². The molecule has 0 radical (unpaired) electrons. The zero-order valence-corrected chi connectivity index (χ0v) is 18.3. The first-order chi connectivity index (χ1) is 13.4. The van der Waals surface area contributed by atoms with Gasteiger partial charge in [0, 0.05) is 19.0 Å². The van der Waals surface area contributed by atoms with Crippen LogP contribution in [0.3, 0.4) is 0 Å². The Bertz CT molecular complexity index is 608. The van der Waals surface area contributed by atoms with E-state index in [1.165, 1.54) is 0 Å². The molecule has 1 heterocycles. The minimum Gasteiger partial charge on any atom is -0.480 e. The van der Waals surface area contributed by atoms with Crippen molar-refractivity contribution in [1.29, 1.82) is 0 Å². The number of amides is 3. The second kappa shape index (κ2) is 10.5. The average Bonchev–Trinajstić information content (AvgIpc) is 2.62. The van der Waals surface area contributed by atoms with Crippen molar-refractivity contribution >= 4 is 23.9 Å². The van der Waals surface area contributed by atoms with Gasteiger partial charge in [-0.3, -0.25) is 9.59 Å². The summed E-state index contributed by atoms with van der Waals surface area (Å²) in [6.07, 6.45) is 0.886. The van der Waals surface area contributed by atoms with Crippen molar-refractivity contribution in [3.8, 4) is 0 Å². The lowest BCUT2D eigenvalue weighted by atomic mass is 9.93. The number of carboxylic acid groups (broad SMARTS) is 1. The molecule has 29 heavy (non-hydrogen) atoms. The van der Waals surface area contributed by atoms with Gasteiger partial charge in [0.15, 0.2) is 0 Å². The van der Waals surface area contributed by atoms with E-state index in [1.807, 2.05) is 6.92 Å². The Morgan fingerprint density at radius 3 is 2.10 bits per heavy atom. The summed E-state index contributed by atoms with van der Waals surface area (Å²) in [7, 11) is 0. The molecule has 1 saturated heterocycles. The van der Waals surface area contributed by atoms with Gasteiger partial charge < -0.3 is 25.4 Å². The molecule has 1 rings (SSSR count). The quantitative estimate of drug-likeness (QED) is 0.584. The number of aliphatic carboxylic acids is 1. The molecule has 9 heteroatoms. The molecule has 166 valence electrons. The SMILES string of the molecule is CC[C@H](C)[C@H](NC(=O)C1CCN(C(=O)[C@H](C)NC(=O)OC(C)(C)C)CC1)C(=O)O. The summed E-state index contributed by atoms with van der Waals surface area (Å²) in [4.78, 5) is 49.9. The molecule has 1 aliphatic rings. The third-order valence-electron chi connectivity index (χ3n) is 5.06. The monoisotopic (exact) mass is 413 g/mol. The second-order valence-electron chi connectivity index (χ2n) is 8.68. The summed E-state index contributed by atoms with van der Waals surface area (Å²) in [5.74, 6) is -2.07. The summed E-state index contributed by atoms with van der Waals surface area (Å²) >= 11 is 0. The Morgan fingerprint density at radius 2 is 1.66 bits per heavy atom. The number of alkyl carbamates (subject to hydrolysis) is 1. The van der Waals surface area contributed by atoms with Gasteiger partial charge in [-0.05, 0) is 46.5 Å². The third-order valence-corrected chi connectivity index (χ3v) is 5.06. The van der Waals surface area contributed by atoms with Crippen LogP contribution in [0.15, 0.2) is 0 Å². The molecule has 0 aromatic heterocycles. The van der Waals surface area contributed by atoms with Crippen molar-refractivity contribution in [1.82, 2.24) is 15.5 Å². The predicted octanol–water partition coefficient (Wildman–Crippen LogP) is 1.75. The highest BCUT2D eigenvalue weighted by atomic mass is 16.6. The first-order valence-electron chi connectivity index (χ1n) is 10.2. The Labute approximate surface area is 172 Å². The summed E-state index contributed by atoms with van der Waals surface area (Å²) in [6.45, 7) is 11.2. The van der Waals surface area contributed by atoms with Crippen LogP contribution < -0.4 is 10.6 Å². The number of nitrogens with zero attached hydrogens (tertiary/aromatic N) is 1. The summed E-state index contributed by atoms with van der Waals surface area (Å²) < 4.78 is 5.16. The van der Waals surface area contributed by atoms with Crippen molar-refractivity contribution in [2.75, 3.05) is 13.1 Å². The number of hydrogen-bond acceptors (Lipinski definition) is 5. The molecule has 0 aliphatic carbocycles. The van der Waals surface area contributed by atoms with Crippen molar-refractivity contribution < 1.29 is 29.0 Å². The molecular formula is C20H35N3O6. The molecule has 3 N–H and O–H groups in total. The molecule has 0 unspecified atom stereocenters. The fourth-order valence-corrected chi connectivity index (χ4v) is 3.14. The van der Waals surface area contributed by atoms with Crippen molar-refractivity contribution in [3.05, 3.63) is 0 Å². The van der Waals surface area contributed by atoms with Gasteiger partial charge in [-0.25, -0.2) is 9.59 Å². The van der Waals surface area contributed by atoms with Crippen LogP contribution in [0.4, 0.5) is 4.79 Å². The Morgan fingerprint density at radius 1 is 1.10 bits per heavy atom. The smallest absolute Gasteiger partial charge is 0.408 e. The third kappa shape index (κ3) is 7.91. The molecule has 1 aliphatic heterocycles. The van der Waals surface area contributed by atoms with Gasteiger partial charge in [0.25, 0.3) is 0 Å². The molecule has 0 aromatic rings. The number of carbonyl (C=O) groups excluding carboxylic acids is 3. The summed E-state index contributed by atoms with van der Waals surface area (Å²) in [5.41, 5.74) is -0.651. The van der Waals surface area contributed by atoms with Crippen LogP contribution in [0.25, 0.3) is 0 Å². The number of likely N-dealkylation sites (tertiary alicyclic amines) is 1. The predicted molar refractivity (Wildman–Crippen MR) is 107 cm³/mol. The minimum atomic E-state index is -1.04. The molecule has 0 spiro atoms. The maximum atomic E-state index is 12.5. The maximum Gasteiger partial charge on any atom is 0.408 e. The first-order valence-corrected chi connectivity index (χ1v) is 10.2. The number of carboxylic acids is 1. The van der Waals surface area contributed by atoms with Crippen molar-refractivity contribution in [2.24, 2.45) is 11.8 Å². The largest absolute Gasteiger partial charge is 0.480 e. The summed E-state index contributed by atoms with van der Waals surface area (Å²) in [6, 6.07) is -1.65. The Kier molecular flexibility index (Phi) is 8.91. The van der Waals surface area contributed by atoms with E-state index in [2.05, 4.69) is 10.6 Å². The molecule has 1 fully saturated rings. The van der Waals surface area contributed by atoms with Crippen LogP contribution >= 0.6 is 0 Å². The van der Waals surface area contributed by atoms with E-state index in [-0.39, 0.29) is 23.7 Å². The summed E-state index contributed by atoms with van der Waals surface area (Å²) in [5, 5.41) is 14.5. The van der Waals surface area contributed by atoms with E-state index < -0.39 is 29.7 Å². The van der Waals surface area contributed by atoms with Crippen LogP contribution in [-0.2, 0) is 19.1 Å². The van der Waals surface area contributed by atoms with Crippen molar-refractivity contribution in [3.63, 3.8) is 0 Å². The topological polar surface area (TPSA) is 125 Å². The standard InChI is InChI=1S/C20H35N3O6/c1-7-12(2)15(18(26)27)22-16(24)14-8-10-23(11-9-14)17(25)13(3)21-19(28)29-20(4,5)6/h12-15H,7-11H2,1-6H3,(H,21,28)(H,22,24)(H,26,27)/t12-,13-,15-/m0/s1. The Hall–Kier alpha value is -2.32. The minimum absolute atomic E-state index is 0.169. The maximum absolute atomic E-state index is 12.5. The van der Waals surface area contributed by atoms with E-state index in [0.29, 0.717) is 32.4 Å². The van der Waals surface area contributed by atoms with Gasteiger partial charge >= 0.3 is 12.1 Å². The average molecular weight is 414 g/mol. The van der Waals surface area contributed by atoms with Crippen molar-refractivity contribution in [2.45, 2.75) is 78.5 Å². The lowest BCUT2D eigenvalue weighted by molar-refractivity contribution is -0.144. The van der Waals surface area contributed by atoms with E-state index >= 15 is 0 Å². The van der Waals surface area contributed by atoms with E-state index in [9.17, 15) is 24.3 Å². The van der Waals surface area contributed by atoms with E-state index in [4.69, 9.17) is 4.74 Å². The van der Waals surface area contributed by atoms with E-state index in [0.717, 1.165) is 0 Å². The normalized spacial score (nSPS) is 18.3. The van der Waals surface area contributed by atoms with Crippen LogP contribution in [0.2, 0.25) is 0 Å².